The van der Waals surface area contributed by atoms with Crippen molar-refractivity contribution in [1.29, 1.82) is 0 Å². The van der Waals surface area contributed by atoms with Gasteiger partial charge < -0.3 is 26.2 Å². The molecule has 5 atom stereocenters. The third kappa shape index (κ3) is 10.9. The number of nitrogens with one attached hydrogen (secondary N) is 3. The SMILES string of the molecule is CC(C)C(N)C(=O)NC(=O)[C@H](C)C[C@H](O)[C@H](Cc1ccccc1)NC(=O)[C@H](C)NC(=O)OCc1ccccc1. The first-order chi connectivity index (χ1) is 18.5. The molecule has 212 valence electrons. The second-order valence-corrected chi connectivity index (χ2v) is 10.1. The van der Waals surface area contributed by atoms with Crippen molar-refractivity contribution in [2.75, 3.05) is 0 Å². The molecule has 0 spiro atoms. The molecule has 6 N–H and O–H groups in total. The molecule has 0 aliphatic carbocycles. The van der Waals surface area contributed by atoms with Gasteiger partial charge in [-0.05, 0) is 36.8 Å². The van der Waals surface area contributed by atoms with Gasteiger partial charge in [0.15, 0.2) is 0 Å². The summed E-state index contributed by atoms with van der Waals surface area (Å²) < 4.78 is 5.18. The zero-order valence-electron chi connectivity index (χ0n) is 22.9. The van der Waals surface area contributed by atoms with Crippen LogP contribution in [0.1, 0.15) is 45.2 Å². The van der Waals surface area contributed by atoms with Gasteiger partial charge in [0.05, 0.1) is 18.2 Å². The normalized spacial score (nSPS) is 14.8. The third-order valence-corrected chi connectivity index (χ3v) is 6.34. The Bertz CT molecular complexity index is 1080. The highest BCUT2D eigenvalue weighted by atomic mass is 16.5. The van der Waals surface area contributed by atoms with E-state index in [0.717, 1.165) is 11.1 Å². The number of carbonyl (C=O) groups excluding carboxylic acids is 4. The number of nitrogens with two attached hydrogens (primary N) is 1. The minimum absolute atomic E-state index is 0.0191. The molecule has 1 unspecified atom stereocenters. The molecular weight excluding hydrogens is 500 g/mol. The van der Waals surface area contributed by atoms with Crippen LogP contribution < -0.4 is 21.7 Å². The van der Waals surface area contributed by atoms with Crippen LogP contribution in [0.25, 0.3) is 0 Å². The van der Waals surface area contributed by atoms with Crippen molar-refractivity contribution in [2.24, 2.45) is 17.6 Å². The largest absolute Gasteiger partial charge is 0.445 e. The number of hydrogen-bond donors (Lipinski definition) is 5. The monoisotopic (exact) mass is 540 g/mol. The topological polar surface area (TPSA) is 160 Å². The molecule has 0 aliphatic heterocycles. The van der Waals surface area contributed by atoms with Crippen LogP contribution in [-0.2, 0) is 32.1 Å². The lowest BCUT2D eigenvalue weighted by molar-refractivity contribution is -0.134. The highest BCUT2D eigenvalue weighted by molar-refractivity contribution is 5.98. The Labute approximate surface area is 229 Å². The summed E-state index contributed by atoms with van der Waals surface area (Å²) in [5, 5.41) is 18.6. The van der Waals surface area contributed by atoms with E-state index in [1.54, 1.807) is 20.8 Å². The van der Waals surface area contributed by atoms with Crippen LogP contribution in [0.3, 0.4) is 0 Å². The van der Waals surface area contributed by atoms with Crippen molar-refractivity contribution in [3.63, 3.8) is 0 Å². The summed E-state index contributed by atoms with van der Waals surface area (Å²) in [5.41, 5.74) is 7.48. The van der Waals surface area contributed by atoms with Crippen molar-refractivity contribution in [2.45, 2.75) is 71.4 Å². The van der Waals surface area contributed by atoms with Crippen LogP contribution in [-0.4, -0.2) is 53.2 Å². The molecule has 10 heteroatoms. The average Bonchev–Trinajstić information content (AvgIpc) is 2.91. The lowest BCUT2D eigenvalue weighted by atomic mass is 9.93. The number of amides is 4. The van der Waals surface area contributed by atoms with Gasteiger partial charge in [0, 0.05) is 5.92 Å². The molecule has 39 heavy (non-hydrogen) atoms. The van der Waals surface area contributed by atoms with E-state index in [9.17, 15) is 24.3 Å². The number of alkyl carbamates (subject to hydrolysis) is 1. The Morgan fingerprint density at radius 2 is 1.38 bits per heavy atom. The molecule has 0 radical (unpaired) electrons. The highest BCUT2D eigenvalue weighted by Crippen LogP contribution is 2.15. The van der Waals surface area contributed by atoms with Gasteiger partial charge in [-0.2, -0.15) is 0 Å². The van der Waals surface area contributed by atoms with Gasteiger partial charge >= 0.3 is 6.09 Å². The minimum atomic E-state index is -1.12. The molecule has 4 amide bonds. The fraction of sp³-hybridized carbons (Fsp3) is 0.448. The predicted molar refractivity (Wildman–Crippen MR) is 147 cm³/mol. The van der Waals surface area contributed by atoms with Crippen molar-refractivity contribution >= 4 is 23.8 Å². The molecule has 0 saturated heterocycles. The molecule has 2 rings (SSSR count). The van der Waals surface area contributed by atoms with E-state index in [-0.39, 0.29) is 25.4 Å². The molecule has 10 nitrogen and oxygen atoms in total. The van der Waals surface area contributed by atoms with Gasteiger partial charge in [-0.3, -0.25) is 19.7 Å². The summed E-state index contributed by atoms with van der Waals surface area (Å²) in [6, 6.07) is 15.8. The number of aliphatic hydroxyl groups excluding tert-OH is 1. The first-order valence-electron chi connectivity index (χ1n) is 13.1. The van der Waals surface area contributed by atoms with E-state index >= 15 is 0 Å². The Morgan fingerprint density at radius 3 is 1.95 bits per heavy atom. The van der Waals surface area contributed by atoms with Gasteiger partial charge in [-0.1, -0.05) is 81.4 Å². The van der Waals surface area contributed by atoms with Crippen LogP contribution >= 0.6 is 0 Å². The second kappa shape index (κ2) is 15.6. The van der Waals surface area contributed by atoms with Crippen LogP contribution in [0.5, 0.6) is 0 Å². The fourth-order valence-corrected chi connectivity index (χ4v) is 3.73. The molecule has 0 fully saturated rings. The van der Waals surface area contributed by atoms with E-state index in [0.29, 0.717) is 0 Å². The lowest BCUT2D eigenvalue weighted by Crippen LogP contribution is -2.53. The Morgan fingerprint density at radius 1 is 0.821 bits per heavy atom. The number of benzene rings is 2. The maximum absolute atomic E-state index is 12.9. The summed E-state index contributed by atoms with van der Waals surface area (Å²) >= 11 is 0. The van der Waals surface area contributed by atoms with E-state index < -0.39 is 54.0 Å². The van der Waals surface area contributed by atoms with Crippen molar-refractivity contribution < 1.29 is 29.0 Å². The Balaban J connectivity index is 2.00. The molecule has 2 aromatic rings. The number of rotatable bonds is 13. The first kappa shape index (κ1) is 31.5. The second-order valence-electron chi connectivity index (χ2n) is 10.1. The first-order valence-corrected chi connectivity index (χ1v) is 13.1. The predicted octanol–water partition coefficient (Wildman–Crippen LogP) is 2.04. The van der Waals surface area contributed by atoms with Crippen LogP contribution in [0.15, 0.2) is 60.7 Å². The fourth-order valence-electron chi connectivity index (χ4n) is 3.73. The summed E-state index contributed by atoms with van der Waals surface area (Å²) in [6.07, 6.45) is -1.61. The summed E-state index contributed by atoms with van der Waals surface area (Å²) in [6.45, 7) is 6.70. The van der Waals surface area contributed by atoms with Gasteiger partial charge in [-0.25, -0.2) is 4.79 Å². The lowest BCUT2D eigenvalue weighted by Gasteiger charge is -2.27. The standard InChI is InChI=1S/C29H40N4O6/c1-18(2)25(30)28(37)33-26(35)19(3)15-24(34)23(16-21-11-7-5-8-12-21)32-27(36)20(4)31-29(38)39-17-22-13-9-6-10-14-22/h5-14,18-20,23-25,34H,15-17,30H2,1-4H3,(H,31,38)(H,32,36)(H,33,35,37)/t19-,20+,23+,24+,25?/m1/s1. The Hall–Kier alpha value is -3.76. The molecule has 0 aliphatic rings. The maximum atomic E-state index is 12.9. The van der Waals surface area contributed by atoms with Gasteiger partial charge in [0.25, 0.3) is 0 Å². The minimum Gasteiger partial charge on any atom is -0.445 e. The molecule has 0 aromatic heterocycles. The molecule has 2 aromatic carbocycles. The smallest absolute Gasteiger partial charge is 0.408 e. The molecule has 0 bridgehead atoms. The Kier molecular flexibility index (Phi) is 12.6. The van der Waals surface area contributed by atoms with E-state index in [1.807, 2.05) is 60.7 Å². The highest BCUT2D eigenvalue weighted by Gasteiger charge is 2.29. The average molecular weight is 541 g/mol. The number of imide groups is 1. The van der Waals surface area contributed by atoms with Crippen LogP contribution in [0, 0.1) is 11.8 Å². The van der Waals surface area contributed by atoms with Gasteiger partial charge in [0.2, 0.25) is 17.7 Å². The van der Waals surface area contributed by atoms with Crippen molar-refractivity contribution in [1.82, 2.24) is 16.0 Å². The van der Waals surface area contributed by atoms with Crippen molar-refractivity contribution in [3.8, 4) is 0 Å². The van der Waals surface area contributed by atoms with E-state index in [2.05, 4.69) is 16.0 Å². The maximum Gasteiger partial charge on any atom is 0.408 e. The zero-order chi connectivity index (χ0) is 28.9. The number of aliphatic hydroxyl groups is 1. The summed E-state index contributed by atoms with van der Waals surface area (Å²) in [4.78, 5) is 49.9. The van der Waals surface area contributed by atoms with Crippen molar-refractivity contribution in [3.05, 3.63) is 71.8 Å². The number of ether oxygens (including phenoxy) is 1. The quantitative estimate of drug-likeness (QED) is 0.260. The summed E-state index contributed by atoms with van der Waals surface area (Å²) in [5.74, 6) is -2.54. The van der Waals surface area contributed by atoms with Gasteiger partial charge in [-0.15, -0.1) is 0 Å². The zero-order valence-corrected chi connectivity index (χ0v) is 22.9. The number of carbonyl (C=O) groups is 4. The number of hydrogen-bond acceptors (Lipinski definition) is 7. The van der Waals surface area contributed by atoms with Gasteiger partial charge in [0.1, 0.15) is 12.6 Å². The third-order valence-electron chi connectivity index (χ3n) is 6.34. The van der Waals surface area contributed by atoms with E-state index in [1.165, 1.54) is 6.92 Å². The molecule has 0 saturated carbocycles. The van der Waals surface area contributed by atoms with Crippen LogP contribution in [0.4, 0.5) is 4.79 Å². The molecule has 0 heterocycles. The van der Waals surface area contributed by atoms with Crippen LogP contribution in [0.2, 0.25) is 0 Å². The summed E-state index contributed by atoms with van der Waals surface area (Å²) in [7, 11) is 0. The van der Waals surface area contributed by atoms with E-state index in [4.69, 9.17) is 10.5 Å². The molecular formula is C29H40N4O6.